The lowest BCUT2D eigenvalue weighted by Crippen LogP contribution is -2.30. The lowest BCUT2D eigenvalue weighted by molar-refractivity contribution is -0.114. The predicted molar refractivity (Wildman–Crippen MR) is 94.3 cm³/mol. The fourth-order valence-corrected chi connectivity index (χ4v) is 2.61. The van der Waals surface area contributed by atoms with Gasteiger partial charge in [-0.2, -0.15) is 0 Å². The van der Waals surface area contributed by atoms with Crippen molar-refractivity contribution in [2.45, 2.75) is 0 Å². The molecule has 4 heteroatoms. The predicted octanol–water partition coefficient (Wildman–Crippen LogP) is 3.23. The molecule has 0 aliphatic carbocycles. The lowest BCUT2D eigenvalue weighted by atomic mass is 10.0. The summed E-state index contributed by atoms with van der Waals surface area (Å²) in [6.07, 6.45) is 1.83. The highest BCUT2D eigenvalue weighted by Crippen LogP contribution is 2.33. The molecule has 0 spiro atoms. The summed E-state index contributed by atoms with van der Waals surface area (Å²) in [5.74, 6) is -0.0637. The zero-order valence-corrected chi connectivity index (χ0v) is 13.5. The Balaban J connectivity index is 2.27. The molecule has 0 bridgehead atoms. The van der Waals surface area contributed by atoms with Gasteiger partial charge in [-0.25, -0.2) is 4.99 Å². The molecule has 0 fully saturated rings. The number of fused-ring (bicyclic) bond motifs is 1. The zero-order chi connectivity index (χ0) is 16.4. The standard InChI is InChI=1S/C19H19N3O/c1-21(2)13-15-18(14-9-5-4-6-10-14)20-16-11-7-8-12-17(16)22(3)19(15)23/h4-13H,1-3H3. The Hall–Kier alpha value is -2.88. The van der Waals surface area contributed by atoms with Gasteiger partial charge in [-0.05, 0) is 12.1 Å². The van der Waals surface area contributed by atoms with Crippen LogP contribution in [-0.2, 0) is 4.79 Å². The Morgan fingerprint density at radius 2 is 1.65 bits per heavy atom. The zero-order valence-electron chi connectivity index (χ0n) is 13.5. The monoisotopic (exact) mass is 305 g/mol. The van der Waals surface area contributed by atoms with Crippen molar-refractivity contribution in [3.63, 3.8) is 0 Å². The average molecular weight is 305 g/mol. The van der Waals surface area contributed by atoms with E-state index in [1.807, 2.05) is 79.8 Å². The van der Waals surface area contributed by atoms with Crippen LogP contribution >= 0.6 is 0 Å². The number of hydrogen-bond acceptors (Lipinski definition) is 3. The number of amides is 1. The normalized spacial score (nSPS) is 16.0. The van der Waals surface area contributed by atoms with E-state index in [2.05, 4.69) is 0 Å². The van der Waals surface area contributed by atoms with E-state index in [1.165, 1.54) is 0 Å². The maximum atomic E-state index is 13.0. The van der Waals surface area contributed by atoms with Crippen molar-refractivity contribution >= 4 is 23.0 Å². The van der Waals surface area contributed by atoms with Gasteiger partial charge in [-0.3, -0.25) is 4.79 Å². The van der Waals surface area contributed by atoms with E-state index in [0.717, 1.165) is 16.9 Å². The van der Waals surface area contributed by atoms with Crippen LogP contribution in [0, 0.1) is 0 Å². The highest BCUT2D eigenvalue weighted by Gasteiger charge is 2.27. The fraction of sp³-hybridized carbons (Fsp3) is 0.158. The van der Waals surface area contributed by atoms with Crippen LogP contribution in [-0.4, -0.2) is 37.7 Å². The van der Waals surface area contributed by atoms with Crippen molar-refractivity contribution in [2.24, 2.45) is 4.99 Å². The molecule has 1 amide bonds. The number of anilines is 1. The molecular weight excluding hydrogens is 286 g/mol. The molecule has 0 radical (unpaired) electrons. The first-order valence-electron chi connectivity index (χ1n) is 7.48. The number of hydrogen-bond donors (Lipinski definition) is 0. The van der Waals surface area contributed by atoms with E-state index in [4.69, 9.17) is 4.99 Å². The van der Waals surface area contributed by atoms with Crippen molar-refractivity contribution in [3.8, 4) is 0 Å². The average Bonchev–Trinajstić information content (AvgIpc) is 2.66. The number of nitrogens with zero attached hydrogens (tertiary/aromatic N) is 3. The van der Waals surface area contributed by atoms with Gasteiger partial charge in [0.25, 0.3) is 5.91 Å². The minimum absolute atomic E-state index is 0.0637. The van der Waals surface area contributed by atoms with Crippen molar-refractivity contribution < 1.29 is 4.79 Å². The highest BCUT2D eigenvalue weighted by atomic mass is 16.2. The molecule has 23 heavy (non-hydrogen) atoms. The Bertz CT molecular complexity index is 791. The van der Waals surface area contributed by atoms with Crippen molar-refractivity contribution in [2.75, 3.05) is 26.0 Å². The molecule has 3 rings (SSSR count). The van der Waals surface area contributed by atoms with Crippen LogP contribution in [0.1, 0.15) is 5.56 Å². The van der Waals surface area contributed by atoms with Crippen LogP contribution in [0.25, 0.3) is 0 Å². The maximum absolute atomic E-state index is 13.0. The van der Waals surface area contributed by atoms with Crippen LogP contribution in [0.4, 0.5) is 11.4 Å². The number of benzene rings is 2. The van der Waals surface area contributed by atoms with Crippen LogP contribution < -0.4 is 4.90 Å². The van der Waals surface area contributed by atoms with Crippen molar-refractivity contribution in [1.29, 1.82) is 0 Å². The number of carbonyl (C=O) groups is 1. The molecule has 1 aliphatic heterocycles. The van der Waals surface area contributed by atoms with Crippen molar-refractivity contribution in [1.82, 2.24) is 4.90 Å². The molecular formula is C19H19N3O. The Morgan fingerprint density at radius 3 is 2.35 bits per heavy atom. The van der Waals surface area contributed by atoms with Gasteiger partial charge in [0, 0.05) is 32.9 Å². The van der Waals surface area contributed by atoms with Crippen LogP contribution in [0.5, 0.6) is 0 Å². The van der Waals surface area contributed by atoms with Gasteiger partial charge in [0.2, 0.25) is 0 Å². The SMILES string of the molecule is CN(C)C=C1C(=O)N(C)c2ccccc2N=C1c1ccccc1. The molecule has 0 aromatic heterocycles. The second kappa shape index (κ2) is 6.08. The molecule has 0 unspecified atom stereocenters. The summed E-state index contributed by atoms with van der Waals surface area (Å²) in [6.45, 7) is 0. The minimum atomic E-state index is -0.0637. The summed E-state index contributed by atoms with van der Waals surface area (Å²) in [5.41, 5.74) is 3.82. The Kier molecular flexibility index (Phi) is 3.98. The summed E-state index contributed by atoms with van der Waals surface area (Å²) in [5, 5.41) is 0. The third-order valence-corrected chi connectivity index (χ3v) is 3.70. The van der Waals surface area contributed by atoms with E-state index in [-0.39, 0.29) is 5.91 Å². The van der Waals surface area contributed by atoms with Gasteiger partial charge >= 0.3 is 0 Å². The summed E-state index contributed by atoms with van der Waals surface area (Å²) >= 11 is 0. The summed E-state index contributed by atoms with van der Waals surface area (Å²) in [6, 6.07) is 17.5. The van der Waals surface area contributed by atoms with Gasteiger partial charge in [-0.15, -0.1) is 0 Å². The first kappa shape index (κ1) is 15.0. The number of aliphatic imine (C=N–C) groups is 1. The molecule has 4 nitrogen and oxygen atoms in total. The fourth-order valence-electron chi connectivity index (χ4n) is 2.61. The molecule has 2 aromatic rings. The van der Waals surface area contributed by atoms with E-state index in [9.17, 15) is 4.79 Å². The van der Waals surface area contributed by atoms with Gasteiger partial charge < -0.3 is 9.80 Å². The quantitative estimate of drug-likeness (QED) is 0.799. The van der Waals surface area contributed by atoms with E-state index < -0.39 is 0 Å². The molecule has 1 heterocycles. The number of rotatable bonds is 2. The minimum Gasteiger partial charge on any atom is -0.383 e. The molecule has 0 saturated carbocycles. The van der Waals surface area contributed by atoms with Gasteiger partial charge in [-0.1, -0.05) is 42.5 Å². The third kappa shape index (κ3) is 2.88. The Labute approximate surface area is 136 Å². The van der Waals surface area contributed by atoms with Crippen LogP contribution in [0.15, 0.2) is 71.4 Å². The van der Waals surface area contributed by atoms with E-state index >= 15 is 0 Å². The van der Waals surface area contributed by atoms with Gasteiger partial charge in [0.05, 0.1) is 22.7 Å². The van der Waals surface area contributed by atoms with E-state index in [1.54, 1.807) is 11.9 Å². The first-order valence-corrected chi connectivity index (χ1v) is 7.48. The topological polar surface area (TPSA) is 35.9 Å². The molecule has 0 saturated heterocycles. The van der Waals surface area contributed by atoms with Crippen molar-refractivity contribution in [3.05, 3.63) is 71.9 Å². The van der Waals surface area contributed by atoms with Crippen LogP contribution in [0.2, 0.25) is 0 Å². The van der Waals surface area contributed by atoms with E-state index in [0.29, 0.717) is 11.3 Å². The second-order valence-electron chi connectivity index (χ2n) is 5.69. The summed E-state index contributed by atoms with van der Waals surface area (Å²) < 4.78 is 0. The first-order chi connectivity index (χ1) is 11.1. The number of likely N-dealkylation sites (N-methyl/N-ethyl adjacent to an activating group) is 1. The number of para-hydroxylation sites is 2. The molecule has 0 atom stereocenters. The summed E-state index contributed by atoms with van der Waals surface area (Å²) in [4.78, 5) is 21.3. The largest absolute Gasteiger partial charge is 0.383 e. The van der Waals surface area contributed by atoms with Crippen LogP contribution in [0.3, 0.4) is 0 Å². The molecule has 116 valence electrons. The second-order valence-corrected chi connectivity index (χ2v) is 5.69. The Morgan fingerprint density at radius 1 is 1.00 bits per heavy atom. The molecule has 0 N–H and O–H groups in total. The lowest BCUT2D eigenvalue weighted by Gasteiger charge is -2.18. The number of carbonyl (C=O) groups excluding carboxylic acids is 1. The molecule has 1 aliphatic rings. The maximum Gasteiger partial charge on any atom is 0.261 e. The van der Waals surface area contributed by atoms with Gasteiger partial charge in [0.15, 0.2) is 0 Å². The van der Waals surface area contributed by atoms with Gasteiger partial charge in [0.1, 0.15) is 0 Å². The molecule has 2 aromatic carbocycles. The third-order valence-electron chi connectivity index (χ3n) is 3.70. The summed E-state index contributed by atoms with van der Waals surface area (Å²) in [7, 11) is 5.59. The highest BCUT2D eigenvalue weighted by molar-refractivity contribution is 6.33. The smallest absolute Gasteiger partial charge is 0.261 e.